The van der Waals surface area contributed by atoms with Gasteiger partial charge in [-0.3, -0.25) is 4.79 Å². The van der Waals surface area contributed by atoms with Crippen LogP contribution in [0.2, 0.25) is 0 Å². The lowest BCUT2D eigenvalue weighted by molar-refractivity contribution is 0.0858. The highest BCUT2D eigenvalue weighted by molar-refractivity contribution is 7.98. The zero-order valence-corrected chi connectivity index (χ0v) is 22.4. The summed E-state index contributed by atoms with van der Waals surface area (Å²) >= 11 is 1.65. The fraction of sp³-hybridized carbons (Fsp3) is 0.593. The summed E-state index contributed by atoms with van der Waals surface area (Å²) in [5.74, 6) is 1.74. The number of hydrogen-bond acceptors (Lipinski definition) is 7. The van der Waals surface area contributed by atoms with Crippen molar-refractivity contribution in [3.05, 3.63) is 47.2 Å². The van der Waals surface area contributed by atoms with Crippen LogP contribution in [0.1, 0.15) is 62.2 Å². The fourth-order valence-corrected chi connectivity index (χ4v) is 5.14. The monoisotopic (exact) mass is 497 g/mol. The highest BCUT2D eigenvalue weighted by atomic mass is 32.2. The number of amides is 1. The van der Waals surface area contributed by atoms with Gasteiger partial charge in [0.15, 0.2) is 5.16 Å². The maximum absolute atomic E-state index is 12.5. The number of benzene rings is 1. The number of aromatic nitrogens is 2. The summed E-state index contributed by atoms with van der Waals surface area (Å²) in [6.07, 6.45) is 2.25. The number of carbonyl (C=O) groups excluding carboxylic acids is 1. The van der Waals surface area contributed by atoms with Crippen molar-refractivity contribution in [1.29, 1.82) is 0 Å². The highest BCUT2D eigenvalue weighted by Gasteiger charge is 2.23. The summed E-state index contributed by atoms with van der Waals surface area (Å²) in [4.78, 5) is 27.1. The molecule has 4 rings (SSSR count). The van der Waals surface area contributed by atoms with Gasteiger partial charge < -0.3 is 19.9 Å². The average molecular weight is 498 g/mol. The molecular weight excluding hydrogens is 458 g/mol. The summed E-state index contributed by atoms with van der Waals surface area (Å²) in [5.41, 5.74) is 2.85. The van der Waals surface area contributed by atoms with E-state index in [9.17, 15) is 4.79 Å². The molecule has 2 aliphatic heterocycles. The second-order valence-electron chi connectivity index (χ2n) is 10.4. The Balaban J connectivity index is 1.38. The summed E-state index contributed by atoms with van der Waals surface area (Å²) in [5, 5.41) is 3.79. The number of anilines is 1. The number of ether oxygens (including phenoxy) is 1. The van der Waals surface area contributed by atoms with Crippen LogP contribution in [0.4, 0.5) is 5.82 Å². The van der Waals surface area contributed by atoms with Crippen LogP contribution in [0, 0.1) is 0 Å². The van der Waals surface area contributed by atoms with Crippen molar-refractivity contribution >= 4 is 23.5 Å². The first-order valence-electron chi connectivity index (χ1n) is 12.8. The van der Waals surface area contributed by atoms with Crippen molar-refractivity contribution in [3.8, 4) is 0 Å². The summed E-state index contributed by atoms with van der Waals surface area (Å²) in [6.45, 7) is 15.4. The molecule has 35 heavy (non-hydrogen) atoms. The van der Waals surface area contributed by atoms with Gasteiger partial charge in [-0.2, -0.15) is 0 Å². The number of nitrogens with zero attached hydrogens (tertiary/aromatic N) is 4. The quantitative estimate of drug-likeness (QED) is 0.435. The third-order valence-corrected chi connectivity index (χ3v) is 7.62. The maximum atomic E-state index is 12.5. The van der Waals surface area contributed by atoms with Gasteiger partial charge in [-0.1, -0.05) is 51.6 Å². The van der Waals surface area contributed by atoms with E-state index in [0.717, 1.165) is 80.2 Å². The van der Waals surface area contributed by atoms with Crippen molar-refractivity contribution in [1.82, 2.24) is 20.2 Å². The Hall–Kier alpha value is -2.16. The zero-order valence-electron chi connectivity index (χ0n) is 21.5. The van der Waals surface area contributed by atoms with Crippen LogP contribution in [-0.4, -0.2) is 72.8 Å². The molecule has 0 bridgehead atoms. The Kier molecular flexibility index (Phi) is 8.68. The van der Waals surface area contributed by atoms with Gasteiger partial charge in [-0.25, -0.2) is 9.97 Å². The van der Waals surface area contributed by atoms with Crippen LogP contribution in [0.5, 0.6) is 0 Å². The van der Waals surface area contributed by atoms with E-state index in [1.807, 2.05) is 24.3 Å². The third kappa shape index (κ3) is 7.18. The molecule has 1 unspecified atom stereocenters. The fourth-order valence-electron chi connectivity index (χ4n) is 4.33. The molecule has 190 valence electrons. The van der Waals surface area contributed by atoms with Crippen LogP contribution in [-0.2, 0) is 15.9 Å². The minimum Gasteiger partial charge on any atom is -0.376 e. The first kappa shape index (κ1) is 25.9. The highest BCUT2D eigenvalue weighted by Crippen LogP contribution is 2.29. The molecule has 7 nitrogen and oxygen atoms in total. The Morgan fingerprint density at radius 2 is 1.89 bits per heavy atom. The molecule has 0 aliphatic carbocycles. The molecule has 8 heteroatoms. The first-order chi connectivity index (χ1) is 16.8. The minimum absolute atomic E-state index is 0.0449. The Morgan fingerprint density at radius 3 is 2.51 bits per heavy atom. The summed E-state index contributed by atoms with van der Waals surface area (Å²) in [6, 6.07) is 9.99. The maximum Gasteiger partial charge on any atom is 0.251 e. The molecule has 0 spiro atoms. The molecule has 2 aromatic rings. The number of thioether (sulfide) groups is 1. The number of piperazine rings is 1. The van der Waals surface area contributed by atoms with E-state index in [0.29, 0.717) is 12.1 Å². The van der Waals surface area contributed by atoms with E-state index in [4.69, 9.17) is 14.7 Å². The molecule has 1 atom stereocenters. The van der Waals surface area contributed by atoms with Gasteiger partial charge in [-0.05, 0) is 37.1 Å². The van der Waals surface area contributed by atoms with E-state index >= 15 is 0 Å². The molecular formula is C27H39N5O2S. The second kappa shape index (κ2) is 11.7. The van der Waals surface area contributed by atoms with Gasteiger partial charge in [0.25, 0.3) is 5.91 Å². The van der Waals surface area contributed by atoms with E-state index in [1.165, 1.54) is 0 Å². The normalized spacial score (nSPS) is 19.2. The zero-order chi connectivity index (χ0) is 24.8. The molecule has 1 aromatic heterocycles. The van der Waals surface area contributed by atoms with Gasteiger partial charge in [0, 0.05) is 62.1 Å². The van der Waals surface area contributed by atoms with Crippen molar-refractivity contribution in [2.45, 2.75) is 63.0 Å². The van der Waals surface area contributed by atoms with Crippen molar-refractivity contribution in [3.63, 3.8) is 0 Å². The van der Waals surface area contributed by atoms with Crippen LogP contribution in [0.15, 0.2) is 35.5 Å². The lowest BCUT2D eigenvalue weighted by Gasteiger charge is -2.35. The van der Waals surface area contributed by atoms with Crippen LogP contribution in [0.3, 0.4) is 0 Å². The van der Waals surface area contributed by atoms with Crippen LogP contribution in [0.25, 0.3) is 0 Å². The Labute approximate surface area is 214 Å². The Bertz CT molecular complexity index is 978. The first-order valence-corrected chi connectivity index (χ1v) is 13.8. The second-order valence-corrected chi connectivity index (χ2v) is 11.3. The average Bonchev–Trinajstić information content (AvgIpc) is 3.39. The number of carbonyl (C=O) groups is 1. The van der Waals surface area contributed by atoms with Gasteiger partial charge in [0.05, 0.1) is 11.8 Å². The standard InChI is InChI=1S/C27H39N5O2S/c1-5-31-12-14-32(15-13-31)24-17-23(27(2,3)4)29-26(30-24)35-19-20-8-10-21(11-9-20)25(33)28-18-22-7-6-16-34-22/h8-11,17,22H,5-7,12-16,18-19H2,1-4H3,(H,28,33). The van der Waals surface area contributed by atoms with Gasteiger partial charge >= 0.3 is 0 Å². The van der Waals surface area contributed by atoms with E-state index in [-0.39, 0.29) is 17.4 Å². The molecule has 1 aromatic carbocycles. The van der Waals surface area contributed by atoms with Crippen molar-refractivity contribution in [2.75, 3.05) is 50.8 Å². The van der Waals surface area contributed by atoms with E-state index in [2.05, 4.69) is 48.9 Å². The molecule has 0 saturated carbocycles. The van der Waals surface area contributed by atoms with Gasteiger partial charge in [-0.15, -0.1) is 0 Å². The lowest BCUT2D eigenvalue weighted by atomic mass is 9.92. The van der Waals surface area contributed by atoms with Crippen LogP contribution >= 0.6 is 11.8 Å². The molecule has 2 aliphatic rings. The van der Waals surface area contributed by atoms with Crippen molar-refractivity contribution in [2.24, 2.45) is 0 Å². The molecule has 3 heterocycles. The van der Waals surface area contributed by atoms with Crippen molar-refractivity contribution < 1.29 is 9.53 Å². The van der Waals surface area contributed by atoms with Gasteiger partial charge in [0.2, 0.25) is 0 Å². The lowest BCUT2D eigenvalue weighted by Crippen LogP contribution is -2.46. The third-order valence-electron chi connectivity index (χ3n) is 6.70. The smallest absolute Gasteiger partial charge is 0.251 e. The molecule has 2 fully saturated rings. The molecule has 1 N–H and O–H groups in total. The van der Waals surface area contributed by atoms with E-state index in [1.54, 1.807) is 11.8 Å². The predicted molar refractivity (Wildman–Crippen MR) is 142 cm³/mol. The van der Waals surface area contributed by atoms with E-state index < -0.39 is 0 Å². The minimum atomic E-state index is -0.0475. The number of hydrogen-bond donors (Lipinski definition) is 1. The topological polar surface area (TPSA) is 70.6 Å². The Morgan fingerprint density at radius 1 is 1.14 bits per heavy atom. The largest absolute Gasteiger partial charge is 0.376 e. The van der Waals surface area contributed by atoms with Crippen LogP contribution < -0.4 is 10.2 Å². The number of rotatable bonds is 8. The molecule has 1 amide bonds. The number of likely N-dealkylation sites (N-methyl/N-ethyl adjacent to an activating group) is 1. The number of nitrogens with one attached hydrogen (secondary N) is 1. The molecule has 0 radical (unpaired) electrons. The molecule has 2 saturated heterocycles. The summed E-state index contributed by atoms with van der Waals surface area (Å²) in [7, 11) is 0. The summed E-state index contributed by atoms with van der Waals surface area (Å²) < 4.78 is 5.58. The predicted octanol–water partition coefficient (Wildman–Crippen LogP) is 4.12. The SMILES string of the molecule is CCN1CCN(c2cc(C(C)(C)C)nc(SCc3ccc(C(=O)NCC4CCCO4)cc3)n2)CC1. The van der Waals surface area contributed by atoms with Gasteiger partial charge in [0.1, 0.15) is 5.82 Å².